The van der Waals surface area contributed by atoms with E-state index in [0.29, 0.717) is 4.32 Å². The summed E-state index contributed by atoms with van der Waals surface area (Å²) in [4.78, 5) is 17.9. The van der Waals surface area contributed by atoms with E-state index in [9.17, 15) is 4.79 Å². The molecule has 0 aliphatic carbocycles. The Hall–Kier alpha value is -0.980. The number of carbonyl (C=O) groups excluding carboxylic acids is 1. The fraction of sp³-hybridized carbons (Fsp3) is 0.231. The third-order valence-electron chi connectivity index (χ3n) is 3.08. The average Bonchev–Trinajstić information content (AvgIpc) is 2.91. The molecule has 2 aliphatic heterocycles. The predicted octanol–water partition coefficient (Wildman–Crippen LogP) is 3.28. The first-order valence-electron chi connectivity index (χ1n) is 5.92. The van der Waals surface area contributed by atoms with E-state index < -0.39 is 0 Å². The first kappa shape index (κ1) is 13.0. The van der Waals surface area contributed by atoms with E-state index in [2.05, 4.69) is 24.0 Å². The van der Waals surface area contributed by atoms with Gasteiger partial charge in [0.25, 0.3) is 5.91 Å². The third kappa shape index (κ3) is 1.98. The van der Waals surface area contributed by atoms with Gasteiger partial charge in [-0.15, -0.1) is 0 Å². The Labute approximate surface area is 126 Å². The highest BCUT2D eigenvalue weighted by Gasteiger charge is 2.36. The maximum Gasteiger partial charge on any atom is 0.268 e. The summed E-state index contributed by atoms with van der Waals surface area (Å²) in [6.07, 6.45) is 0. The Kier molecular flexibility index (Phi) is 3.32. The number of amides is 1. The Morgan fingerprint density at radius 1 is 1.26 bits per heavy atom. The van der Waals surface area contributed by atoms with Gasteiger partial charge in [-0.1, -0.05) is 47.9 Å². The van der Waals surface area contributed by atoms with Crippen LogP contribution in [0, 0.1) is 0 Å². The highest BCUT2D eigenvalue weighted by Crippen LogP contribution is 2.50. The summed E-state index contributed by atoms with van der Waals surface area (Å²) >= 11 is 8.24. The summed E-state index contributed by atoms with van der Waals surface area (Å²) in [5.74, 6) is 0.00348. The van der Waals surface area contributed by atoms with Crippen LogP contribution in [-0.4, -0.2) is 28.7 Å². The van der Waals surface area contributed by atoms with Gasteiger partial charge < -0.3 is 4.90 Å². The van der Waals surface area contributed by atoms with Crippen molar-refractivity contribution < 1.29 is 4.79 Å². The van der Waals surface area contributed by atoms with Crippen molar-refractivity contribution >= 4 is 51.7 Å². The summed E-state index contributed by atoms with van der Waals surface area (Å²) < 4.78 is 0.625. The zero-order valence-electron chi connectivity index (χ0n) is 10.5. The smallest absolute Gasteiger partial charge is 0.268 e. The van der Waals surface area contributed by atoms with Crippen LogP contribution in [0.3, 0.4) is 0 Å². The Morgan fingerprint density at radius 3 is 2.63 bits per heavy atom. The van der Waals surface area contributed by atoms with Crippen LogP contribution in [0.25, 0.3) is 0 Å². The van der Waals surface area contributed by atoms with E-state index in [1.54, 1.807) is 23.7 Å². The van der Waals surface area contributed by atoms with E-state index in [4.69, 9.17) is 12.2 Å². The quantitative estimate of drug-likeness (QED) is 0.585. The molecule has 1 aromatic carbocycles. The molecule has 3 nitrogen and oxygen atoms in total. The number of carbonyl (C=O) groups is 1. The Bertz CT molecular complexity index is 612. The number of para-hydroxylation sites is 1. The number of likely N-dealkylation sites (N-methyl/N-ethyl adjacent to an activating group) is 1. The van der Waals surface area contributed by atoms with Crippen LogP contribution in [0.15, 0.2) is 39.1 Å². The molecule has 0 unspecified atom stereocenters. The molecule has 0 bridgehead atoms. The Balaban J connectivity index is 2.09. The molecule has 3 rings (SSSR count). The number of benzene rings is 1. The average molecular weight is 308 g/mol. The number of fused-ring (bicyclic) bond motifs is 1. The minimum absolute atomic E-state index is 0.00348. The van der Waals surface area contributed by atoms with E-state index in [0.717, 1.165) is 16.5 Å². The van der Waals surface area contributed by atoms with Crippen molar-refractivity contribution in [3.05, 3.63) is 34.2 Å². The molecule has 0 atom stereocenters. The van der Waals surface area contributed by atoms with Crippen LogP contribution in [0.1, 0.15) is 6.92 Å². The monoisotopic (exact) mass is 308 g/mol. The van der Waals surface area contributed by atoms with Crippen LogP contribution in [-0.2, 0) is 4.79 Å². The molecule has 0 spiro atoms. The van der Waals surface area contributed by atoms with Gasteiger partial charge in [0.1, 0.15) is 14.3 Å². The van der Waals surface area contributed by atoms with Crippen molar-refractivity contribution in [3.8, 4) is 0 Å². The number of rotatable bonds is 1. The second-order valence-electron chi connectivity index (χ2n) is 4.18. The molecule has 0 radical (unpaired) electrons. The Morgan fingerprint density at radius 2 is 2.00 bits per heavy atom. The van der Waals surface area contributed by atoms with Crippen LogP contribution >= 0.6 is 35.7 Å². The lowest BCUT2D eigenvalue weighted by Crippen LogP contribution is -2.24. The fourth-order valence-corrected chi connectivity index (χ4v) is 4.64. The van der Waals surface area contributed by atoms with E-state index in [1.165, 1.54) is 22.3 Å². The number of thiocarbonyl (C=S) groups is 1. The number of hydrogen-bond donors (Lipinski definition) is 0. The summed E-state index contributed by atoms with van der Waals surface area (Å²) in [5.41, 5.74) is 1.17. The van der Waals surface area contributed by atoms with Gasteiger partial charge in [-0.05, 0) is 19.1 Å². The van der Waals surface area contributed by atoms with Crippen molar-refractivity contribution in [2.75, 3.05) is 18.5 Å². The largest absolute Gasteiger partial charge is 0.334 e. The standard InChI is InChI=1S/C13H12N2OS3/c1-3-15-8-6-4-5-7-9(8)18-12(15)10-11(16)14(2)13(17)19-10/h4-7H,3H2,1-2H3/b12-10+. The van der Waals surface area contributed by atoms with E-state index in [-0.39, 0.29) is 5.91 Å². The molecule has 19 heavy (non-hydrogen) atoms. The number of nitrogens with zero attached hydrogens (tertiary/aromatic N) is 2. The summed E-state index contributed by atoms with van der Waals surface area (Å²) in [6, 6.07) is 8.22. The van der Waals surface area contributed by atoms with Gasteiger partial charge in [-0.25, -0.2) is 0 Å². The fourth-order valence-electron chi connectivity index (χ4n) is 2.09. The first-order chi connectivity index (χ1) is 9.13. The van der Waals surface area contributed by atoms with Gasteiger partial charge >= 0.3 is 0 Å². The molecule has 2 heterocycles. The van der Waals surface area contributed by atoms with Crippen LogP contribution < -0.4 is 4.90 Å². The second-order valence-corrected chi connectivity index (χ2v) is 6.86. The number of anilines is 1. The minimum atomic E-state index is 0.00348. The topological polar surface area (TPSA) is 23.6 Å². The first-order valence-corrected chi connectivity index (χ1v) is 7.96. The lowest BCUT2D eigenvalue weighted by Gasteiger charge is -2.18. The van der Waals surface area contributed by atoms with Crippen LogP contribution in [0.4, 0.5) is 5.69 Å². The van der Waals surface area contributed by atoms with Crippen LogP contribution in [0.2, 0.25) is 0 Å². The molecule has 1 aromatic rings. The summed E-state index contributed by atoms with van der Waals surface area (Å²) in [7, 11) is 1.73. The summed E-state index contributed by atoms with van der Waals surface area (Å²) in [6.45, 7) is 2.93. The van der Waals surface area contributed by atoms with Gasteiger partial charge in [0.2, 0.25) is 0 Å². The number of thioether (sulfide) groups is 2. The predicted molar refractivity (Wildman–Crippen MR) is 85.3 cm³/mol. The van der Waals surface area contributed by atoms with Gasteiger partial charge in [0, 0.05) is 18.5 Å². The molecule has 98 valence electrons. The second kappa shape index (κ2) is 4.85. The van der Waals surface area contributed by atoms with Crippen molar-refractivity contribution in [2.45, 2.75) is 11.8 Å². The molecule has 0 saturated carbocycles. The minimum Gasteiger partial charge on any atom is -0.334 e. The highest BCUT2D eigenvalue weighted by atomic mass is 32.2. The normalized spacial score (nSPS) is 22.4. The van der Waals surface area contributed by atoms with E-state index >= 15 is 0 Å². The maximum absolute atomic E-state index is 12.2. The molecule has 2 aliphatic rings. The molecular formula is C13H12N2OS3. The zero-order valence-corrected chi connectivity index (χ0v) is 13.0. The zero-order chi connectivity index (χ0) is 13.6. The third-order valence-corrected chi connectivity index (χ3v) is 5.94. The molecule has 1 fully saturated rings. The lowest BCUT2D eigenvalue weighted by atomic mass is 10.3. The lowest BCUT2D eigenvalue weighted by molar-refractivity contribution is -0.121. The van der Waals surface area contributed by atoms with Crippen molar-refractivity contribution in [1.82, 2.24) is 4.90 Å². The van der Waals surface area contributed by atoms with Gasteiger partial charge in [0.15, 0.2) is 0 Å². The molecule has 1 amide bonds. The number of hydrogen-bond acceptors (Lipinski definition) is 5. The summed E-state index contributed by atoms with van der Waals surface area (Å²) in [5, 5.41) is 1.01. The van der Waals surface area contributed by atoms with Crippen molar-refractivity contribution in [2.24, 2.45) is 0 Å². The molecule has 1 saturated heterocycles. The van der Waals surface area contributed by atoms with Gasteiger partial charge in [-0.3, -0.25) is 9.69 Å². The van der Waals surface area contributed by atoms with Gasteiger partial charge in [-0.2, -0.15) is 0 Å². The van der Waals surface area contributed by atoms with E-state index in [1.807, 2.05) is 12.1 Å². The molecular weight excluding hydrogens is 296 g/mol. The maximum atomic E-state index is 12.2. The molecule has 0 aromatic heterocycles. The van der Waals surface area contributed by atoms with Crippen molar-refractivity contribution in [3.63, 3.8) is 0 Å². The van der Waals surface area contributed by atoms with Crippen molar-refractivity contribution in [1.29, 1.82) is 0 Å². The van der Waals surface area contributed by atoms with Gasteiger partial charge in [0.05, 0.1) is 5.69 Å². The SMILES string of the molecule is CCN1/C(=C2\SC(=S)N(C)C2=O)Sc2ccccc21. The van der Waals surface area contributed by atoms with Crippen LogP contribution in [0.5, 0.6) is 0 Å². The highest BCUT2D eigenvalue weighted by molar-refractivity contribution is 8.27. The molecule has 6 heteroatoms. The molecule has 0 N–H and O–H groups in total.